The summed E-state index contributed by atoms with van der Waals surface area (Å²) in [4.78, 5) is 26.6. The van der Waals surface area contributed by atoms with E-state index < -0.39 is 5.97 Å². The molecule has 0 aliphatic heterocycles. The number of carboxylic acid groups (broad SMARTS) is 1. The van der Waals surface area contributed by atoms with Crippen molar-refractivity contribution in [3.8, 4) is 11.1 Å². The highest BCUT2D eigenvalue weighted by Crippen LogP contribution is 2.24. The zero-order valence-electron chi connectivity index (χ0n) is 19.5. The monoisotopic (exact) mass is 443 g/mol. The van der Waals surface area contributed by atoms with E-state index in [9.17, 15) is 9.59 Å². The van der Waals surface area contributed by atoms with E-state index in [-0.39, 0.29) is 17.5 Å². The molecule has 0 spiro atoms. The molecule has 172 valence electrons. The van der Waals surface area contributed by atoms with Gasteiger partial charge in [-0.25, -0.2) is 4.79 Å². The fourth-order valence-corrected chi connectivity index (χ4v) is 4.27. The maximum absolute atomic E-state index is 13.4. The molecule has 4 heteroatoms. The van der Waals surface area contributed by atoms with Gasteiger partial charge in [0.2, 0.25) is 5.91 Å². The van der Waals surface area contributed by atoms with Crippen molar-refractivity contribution in [2.45, 2.75) is 58.5 Å². The molecule has 1 N–H and O–H groups in total. The molecule has 0 bridgehead atoms. The Labute approximate surface area is 196 Å². The molecule has 0 saturated carbocycles. The molecular weight excluding hydrogens is 410 g/mol. The summed E-state index contributed by atoms with van der Waals surface area (Å²) in [6.45, 7) is 4.91. The molecule has 3 aromatic carbocycles. The third-order valence-corrected chi connectivity index (χ3v) is 5.95. The van der Waals surface area contributed by atoms with Crippen molar-refractivity contribution in [3.63, 3.8) is 0 Å². The number of carbonyl (C=O) groups excluding carboxylic acids is 1. The summed E-state index contributed by atoms with van der Waals surface area (Å²) in [6, 6.07) is 25.2. The van der Waals surface area contributed by atoms with Gasteiger partial charge >= 0.3 is 5.97 Å². The van der Waals surface area contributed by atoms with Gasteiger partial charge in [0.25, 0.3) is 0 Å². The molecule has 0 saturated heterocycles. The first-order chi connectivity index (χ1) is 16.0. The Morgan fingerprint density at radius 3 is 2.03 bits per heavy atom. The molecule has 3 rings (SSSR count). The van der Waals surface area contributed by atoms with E-state index in [4.69, 9.17) is 5.11 Å². The molecule has 0 atom stereocenters. The zero-order chi connectivity index (χ0) is 23.6. The lowest BCUT2D eigenvalue weighted by Crippen LogP contribution is -2.40. The van der Waals surface area contributed by atoms with E-state index in [1.54, 1.807) is 12.1 Å². The van der Waals surface area contributed by atoms with Gasteiger partial charge in [-0.3, -0.25) is 4.79 Å². The van der Waals surface area contributed by atoms with Crippen LogP contribution in [-0.4, -0.2) is 27.9 Å². The van der Waals surface area contributed by atoms with Gasteiger partial charge in [0.15, 0.2) is 0 Å². The van der Waals surface area contributed by atoms with E-state index in [0.29, 0.717) is 13.0 Å². The molecule has 0 fully saturated rings. The predicted octanol–water partition coefficient (Wildman–Crippen LogP) is 6.59. The summed E-state index contributed by atoms with van der Waals surface area (Å²) in [7, 11) is 0. The predicted molar refractivity (Wildman–Crippen MR) is 133 cm³/mol. The van der Waals surface area contributed by atoms with Crippen molar-refractivity contribution < 1.29 is 14.7 Å². The standard InChI is InChI=1S/C29H33NO3/c1-3-9-27(10-4-2)30(28(31)20-22-11-6-5-7-12-22)21-23-13-8-14-26(19-23)24-15-17-25(18-16-24)29(32)33/h5-8,11-19,27H,3-4,9-10,20-21H2,1-2H3,(H,32,33). The Morgan fingerprint density at radius 1 is 0.788 bits per heavy atom. The minimum Gasteiger partial charge on any atom is -0.478 e. The lowest BCUT2D eigenvalue weighted by atomic mass is 9.99. The minimum atomic E-state index is -0.930. The van der Waals surface area contributed by atoms with Gasteiger partial charge in [-0.2, -0.15) is 0 Å². The first kappa shape index (κ1) is 24.2. The minimum absolute atomic E-state index is 0.157. The molecule has 4 nitrogen and oxygen atoms in total. The number of amides is 1. The summed E-state index contributed by atoms with van der Waals surface area (Å²) in [5.41, 5.74) is 4.36. The van der Waals surface area contributed by atoms with E-state index in [0.717, 1.165) is 47.9 Å². The Bertz CT molecular complexity index is 1040. The molecule has 0 radical (unpaired) electrons. The molecule has 33 heavy (non-hydrogen) atoms. The molecule has 0 unspecified atom stereocenters. The number of hydrogen-bond acceptors (Lipinski definition) is 2. The van der Waals surface area contributed by atoms with Crippen molar-refractivity contribution in [1.29, 1.82) is 0 Å². The smallest absolute Gasteiger partial charge is 0.335 e. The Hall–Kier alpha value is -3.40. The van der Waals surface area contributed by atoms with Gasteiger partial charge in [-0.05, 0) is 53.3 Å². The maximum atomic E-state index is 13.4. The van der Waals surface area contributed by atoms with Crippen LogP contribution in [0.5, 0.6) is 0 Å². The fourth-order valence-electron chi connectivity index (χ4n) is 4.27. The van der Waals surface area contributed by atoms with E-state index in [2.05, 4.69) is 30.9 Å². The molecule has 1 amide bonds. The van der Waals surface area contributed by atoms with Crippen molar-refractivity contribution in [1.82, 2.24) is 4.90 Å². The van der Waals surface area contributed by atoms with Crippen LogP contribution >= 0.6 is 0 Å². The summed E-state index contributed by atoms with van der Waals surface area (Å²) < 4.78 is 0. The van der Waals surface area contributed by atoms with E-state index in [1.165, 1.54) is 0 Å². The van der Waals surface area contributed by atoms with Gasteiger partial charge in [-0.15, -0.1) is 0 Å². The third kappa shape index (κ3) is 6.79. The maximum Gasteiger partial charge on any atom is 0.335 e. The number of hydrogen-bond donors (Lipinski definition) is 1. The van der Waals surface area contributed by atoms with Gasteiger partial charge in [0.05, 0.1) is 12.0 Å². The second-order valence-corrected chi connectivity index (χ2v) is 8.50. The average Bonchev–Trinajstić information content (AvgIpc) is 2.83. The van der Waals surface area contributed by atoms with Crippen LogP contribution in [0.25, 0.3) is 11.1 Å². The first-order valence-electron chi connectivity index (χ1n) is 11.8. The Morgan fingerprint density at radius 2 is 1.42 bits per heavy atom. The molecule has 0 aliphatic carbocycles. The Kier molecular flexibility index (Phi) is 8.82. The number of carbonyl (C=O) groups is 2. The van der Waals surface area contributed by atoms with Crippen molar-refractivity contribution in [2.75, 3.05) is 0 Å². The highest BCUT2D eigenvalue weighted by Gasteiger charge is 2.23. The SMILES string of the molecule is CCCC(CCC)N(Cc1cccc(-c2ccc(C(=O)O)cc2)c1)C(=O)Cc1ccccc1. The zero-order valence-corrected chi connectivity index (χ0v) is 19.5. The second kappa shape index (κ2) is 12.0. The number of aromatic carboxylic acids is 1. The van der Waals surface area contributed by atoms with Crippen molar-refractivity contribution in [2.24, 2.45) is 0 Å². The van der Waals surface area contributed by atoms with E-state index in [1.807, 2.05) is 54.6 Å². The summed E-state index contributed by atoms with van der Waals surface area (Å²) in [5.74, 6) is -0.773. The molecular formula is C29H33NO3. The quantitative estimate of drug-likeness (QED) is 0.364. The molecule has 0 aromatic heterocycles. The number of carboxylic acids is 1. The molecule has 3 aromatic rings. The normalized spacial score (nSPS) is 10.9. The van der Waals surface area contributed by atoms with E-state index >= 15 is 0 Å². The van der Waals surface area contributed by atoms with Crippen LogP contribution in [0.15, 0.2) is 78.9 Å². The largest absolute Gasteiger partial charge is 0.478 e. The third-order valence-electron chi connectivity index (χ3n) is 5.95. The van der Waals surface area contributed by atoms with Crippen LogP contribution in [0.2, 0.25) is 0 Å². The summed E-state index contributed by atoms with van der Waals surface area (Å²) >= 11 is 0. The Balaban J connectivity index is 1.86. The van der Waals surface area contributed by atoms with Gasteiger partial charge in [0.1, 0.15) is 0 Å². The van der Waals surface area contributed by atoms with Gasteiger partial charge < -0.3 is 10.0 Å². The van der Waals surface area contributed by atoms with Crippen LogP contribution < -0.4 is 0 Å². The molecule has 0 heterocycles. The lowest BCUT2D eigenvalue weighted by molar-refractivity contribution is -0.133. The summed E-state index contributed by atoms with van der Waals surface area (Å²) in [5, 5.41) is 9.15. The van der Waals surface area contributed by atoms with Gasteiger partial charge in [-0.1, -0.05) is 87.4 Å². The van der Waals surface area contributed by atoms with Crippen LogP contribution in [0.1, 0.15) is 61.0 Å². The number of nitrogens with zero attached hydrogens (tertiary/aromatic N) is 1. The van der Waals surface area contributed by atoms with Crippen molar-refractivity contribution in [3.05, 3.63) is 95.6 Å². The second-order valence-electron chi connectivity index (χ2n) is 8.50. The lowest BCUT2D eigenvalue weighted by Gasteiger charge is -2.32. The van der Waals surface area contributed by atoms with Crippen LogP contribution in [-0.2, 0) is 17.8 Å². The first-order valence-corrected chi connectivity index (χ1v) is 11.8. The molecule has 0 aliphatic rings. The average molecular weight is 444 g/mol. The van der Waals surface area contributed by atoms with Gasteiger partial charge in [0, 0.05) is 12.6 Å². The van der Waals surface area contributed by atoms with Crippen LogP contribution in [0, 0.1) is 0 Å². The van der Waals surface area contributed by atoms with Crippen LogP contribution in [0.4, 0.5) is 0 Å². The van der Waals surface area contributed by atoms with Crippen molar-refractivity contribution >= 4 is 11.9 Å². The highest BCUT2D eigenvalue weighted by atomic mass is 16.4. The fraction of sp³-hybridized carbons (Fsp3) is 0.310. The van der Waals surface area contributed by atoms with Crippen LogP contribution in [0.3, 0.4) is 0 Å². The number of benzene rings is 3. The topological polar surface area (TPSA) is 57.6 Å². The number of rotatable bonds is 11. The highest BCUT2D eigenvalue weighted by molar-refractivity contribution is 5.88. The summed E-state index contributed by atoms with van der Waals surface area (Å²) in [6.07, 6.45) is 4.46.